The zero-order valence-electron chi connectivity index (χ0n) is 12.3. The van der Waals surface area contributed by atoms with Crippen molar-refractivity contribution in [1.82, 2.24) is 4.90 Å². The number of carbonyl (C=O) groups is 3. The molecule has 6 heteroatoms. The number of carbonyl (C=O) groups excluding carboxylic acids is 2. The van der Waals surface area contributed by atoms with Crippen LogP contribution in [0.4, 0.5) is 0 Å². The summed E-state index contributed by atoms with van der Waals surface area (Å²) in [5, 5.41) is 8.91. The molecule has 0 spiro atoms. The lowest BCUT2D eigenvalue weighted by molar-refractivity contribution is -0.142. The second kappa shape index (κ2) is 6.91. The lowest BCUT2D eigenvalue weighted by atomic mass is 9.87. The number of hydrogen-bond donors (Lipinski definition) is 2. The number of aliphatic carboxylic acids is 1. The Kier molecular flexibility index (Phi) is 5.20. The molecule has 0 aromatic carbocycles. The van der Waals surface area contributed by atoms with Crippen LogP contribution in [-0.4, -0.2) is 40.9 Å². The van der Waals surface area contributed by atoms with E-state index in [-0.39, 0.29) is 12.5 Å². The average molecular weight is 296 g/mol. The van der Waals surface area contributed by atoms with Crippen molar-refractivity contribution >= 4 is 17.8 Å². The smallest absolute Gasteiger partial charge is 0.307 e. The minimum atomic E-state index is -0.931. The van der Waals surface area contributed by atoms with Crippen LogP contribution >= 0.6 is 0 Å². The Balaban J connectivity index is 1.86. The third-order valence-corrected chi connectivity index (χ3v) is 4.62. The van der Waals surface area contributed by atoms with Crippen molar-refractivity contribution < 1.29 is 19.5 Å². The Morgan fingerprint density at radius 2 is 1.76 bits per heavy atom. The molecule has 3 N–H and O–H groups in total. The minimum Gasteiger partial charge on any atom is -0.481 e. The topological polar surface area (TPSA) is 101 Å². The molecule has 0 aromatic heterocycles. The molecule has 2 fully saturated rings. The fraction of sp³-hybridized carbons (Fsp3) is 0.800. The van der Waals surface area contributed by atoms with Gasteiger partial charge in [-0.3, -0.25) is 14.4 Å². The highest BCUT2D eigenvalue weighted by Crippen LogP contribution is 2.40. The van der Waals surface area contributed by atoms with Crippen LogP contribution in [0.25, 0.3) is 0 Å². The van der Waals surface area contributed by atoms with Gasteiger partial charge in [0.15, 0.2) is 0 Å². The number of rotatable bonds is 7. The van der Waals surface area contributed by atoms with Crippen molar-refractivity contribution in [1.29, 1.82) is 0 Å². The van der Waals surface area contributed by atoms with Gasteiger partial charge in [0.05, 0.1) is 18.4 Å². The summed E-state index contributed by atoms with van der Waals surface area (Å²) in [6.07, 6.45) is 7.37. The van der Waals surface area contributed by atoms with Crippen molar-refractivity contribution in [3.63, 3.8) is 0 Å². The van der Waals surface area contributed by atoms with Gasteiger partial charge in [0.2, 0.25) is 11.8 Å². The summed E-state index contributed by atoms with van der Waals surface area (Å²) in [4.78, 5) is 35.7. The van der Waals surface area contributed by atoms with E-state index in [1.165, 1.54) is 37.0 Å². The van der Waals surface area contributed by atoms with Crippen LogP contribution in [0.5, 0.6) is 0 Å². The normalized spacial score (nSPS) is 25.3. The maximum absolute atomic E-state index is 12.3. The van der Waals surface area contributed by atoms with E-state index in [0.29, 0.717) is 18.9 Å². The summed E-state index contributed by atoms with van der Waals surface area (Å²) in [5.74, 6) is -2.14. The SMILES string of the molecule is NC(=O)CN(CCC1CCCCC1)C(=O)[C@H]1C[C@H]1C(=O)O. The molecule has 0 aliphatic heterocycles. The summed E-state index contributed by atoms with van der Waals surface area (Å²) in [6, 6.07) is 0. The maximum Gasteiger partial charge on any atom is 0.307 e. The van der Waals surface area contributed by atoms with Gasteiger partial charge < -0.3 is 15.7 Å². The van der Waals surface area contributed by atoms with Gasteiger partial charge in [-0.1, -0.05) is 32.1 Å². The van der Waals surface area contributed by atoms with Gasteiger partial charge in [0, 0.05) is 6.54 Å². The first-order valence-corrected chi connectivity index (χ1v) is 7.79. The molecule has 2 saturated carbocycles. The fourth-order valence-corrected chi connectivity index (χ4v) is 3.24. The Morgan fingerprint density at radius 1 is 1.10 bits per heavy atom. The Bertz CT molecular complexity index is 418. The molecule has 2 amide bonds. The Morgan fingerprint density at radius 3 is 2.29 bits per heavy atom. The minimum absolute atomic E-state index is 0.103. The van der Waals surface area contributed by atoms with Crippen LogP contribution in [0.15, 0.2) is 0 Å². The van der Waals surface area contributed by atoms with Gasteiger partial charge in [-0.2, -0.15) is 0 Å². The average Bonchev–Trinajstić information content (AvgIpc) is 3.24. The van der Waals surface area contributed by atoms with Crippen molar-refractivity contribution in [2.24, 2.45) is 23.5 Å². The van der Waals surface area contributed by atoms with E-state index in [4.69, 9.17) is 10.8 Å². The highest BCUT2D eigenvalue weighted by Gasteiger charge is 2.49. The lowest BCUT2D eigenvalue weighted by Gasteiger charge is -2.26. The molecule has 0 unspecified atom stereocenters. The zero-order chi connectivity index (χ0) is 15.4. The zero-order valence-corrected chi connectivity index (χ0v) is 12.3. The molecule has 21 heavy (non-hydrogen) atoms. The maximum atomic E-state index is 12.3. The number of carboxylic acid groups (broad SMARTS) is 1. The molecule has 0 aromatic rings. The number of hydrogen-bond acceptors (Lipinski definition) is 3. The molecule has 2 aliphatic carbocycles. The predicted octanol–water partition coefficient (Wildman–Crippen LogP) is 0.991. The standard InChI is InChI=1S/C15H24N2O4/c16-13(18)9-17(7-6-10-4-2-1-3-5-10)14(19)11-8-12(11)15(20)21/h10-12H,1-9H2,(H2,16,18)(H,20,21)/t11-,12+/m0/s1. The predicted molar refractivity (Wildman–Crippen MR) is 76.2 cm³/mol. The van der Waals surface area contributed by atoms with Crippen molar-refractivity contribution in [3.8, 4) is 0 Å². The highest BCUT2D eigenvalue weighted by atomic mass is 16.4. The van der Waals surface area contributed by atoms with E-state index in [1.807, 2.05) is 0 Å². The first-order valence-electron chi connectivity index (χ1n) is 7.79. The van der Waals surface area contributed by atoms with E-state index >= 15 is 0 Å². The summed E-state index contributed by atoms with van der Waals surface area (Å²) in [7, 11) is 0. The molecule has 118 valence electrons. The van der Waals surface area contributed by atoms with Gasteiger partial charge in [0.25, 0.3) is 0 Å². The third kappa shape index (κ3) is 4.44. The molecule has 0 bridgehead atoms. The van der Waals surface area contributed by atoms with E-state index < -0.39 is 23.7 Å². The van der Waals surface area contributed by atoms with Crippen LogP contribution in [0.2, 0.25) is 0 Å². The quantitative estimate of drug-likeness (QED) is 0.731. The Hall–Kier alpha value is -1.59. The molecular formula is C15H24N2O4. The molecule has 2 aliphatic rings. The van der Waals surface area contributed by atoms with Crippen molar-refractivity contribution in [2.75, 3.05) is 13.1 Å². The largest absolute Gasteiger partial charge is 0.481 e. The second-order valence-corrected chi connectivity index (χ2v) is 6.31. The Labute approximate surface area is 124 Å². The first-order chi connectivity index (χ1) is 9.99. The van der Waals surface area contributed by atoms with E-state index in [9.17, 15) is 14.4 Å². The van der Waals surface area contributed by atoms with Crippen LogP contribution in [0.1, 0.15) is 44.9 Å². The van der Waals surface area contributed by atoms with Crippen LogP contribution in [0, 0.1) is 17.8 Å². The number of primary amides is 1. The van der Waals surface area contributed by atoms with Gasteiger partial charge in [0.1, 0.15) is 0 Å². The first kappa shape index (κ1) is 15.8. The van der Waals surface area contributed by atoms with E-state index in [1.54, 1.807) is 0 Å². The number of nitrogens with zero attached hydrogens (tertiary/aromatic N) is 1. The highest BCUT2D eigenvalue weighted by molar-refractivity contribution is 5.91. The lowest BCUT2D eigenvalue weighted by Crippen LogP contribution is -2.41. The third-order valence-electron chi connectivity index (χ3n) is 4.62. The van der Waals surface area contributed by atoms with E-state index in [0.717, 1.165) is 6.42 Å². The summed E-state index contributed by atoms with van der Waals surface area (Å²) >= 11 is 0. The molecule has 6 nitrogen and oxygen atoms in total. The van der Waals surface area contributed by atoms with Crippen LogP contribution < -0.4 is 5.73 Å². The van der Waals surface area contributed by atoms with Crippen LogP contribution in [-0.2, 0) is 14.4 Å². The molecule has 0 heterocycles. The fourth-order valence-electron chi connectivity index (χ4n) is 3.24. The van der Waals surface area contributed by atoms with Gasteiger partial charge in [-0.05, 0) is 18.8 Å². The van der Waals surface area contributed by atoms with Crippen LogP contribution in [0.3, 0.4) is 0 Å². The van der Waals surface area contributed by atoms with Crippen molar-refractivity contribution in [3.05, 3.63) is 0 Å². The number of carboxylic acids is 1. The summed E-state index contributed by atoms with van der Waals surface area (Å²) in [5.41, 5.74) is 5.21. The van der Waals surface area contributed by atoms with Gasteiger partial charge in [-0.15, -0.1) is 0 Å². The molecule has 0 radical (unpaired) electrons. The number of amides is 2. The molecule has 2 atom stereocenters. The monoisotopic (exact) mass is 296 g/mol. The second-order valence-electron chi connectivity index (χ2n) is 6.31. The molecule has 2 rings (SSSR count). The van der Waals surface area contributed by atoms with Crippen molar-refractivity contribution in [2.45, 2.75) is 44.9 Å². The van der Waals surface area contributed by atoms with Gasteiger partial charge in [-0.25, -0.2) is 0 Å². The van der Waals surface area contributed by atoms with Gasteiger partial charge >= 0.3 is 5.97 Å². The number of nitrogens with two attached hydrogens (primary N) is 1. The summed E-state index contributed by atoms with van der Waals surface area (Å²) < 4.78 is 0. The molecular weight excluding hydrogens is 272 g/mol. The van der Waals surface area contributed by atoms with E-state index in [2.05, 4.69) is 0 Å². The summed E-state index contributed by atoms with van der Waals surface area (Å²) in [6.45, 7) is 0.406. The molecule has 0 saturated heterocycles.